The van der Waals surface area contributed by atoms with E-state index >= 15 is 0 Å². The van der Waals surface area contributed by atoms with Gasteiger partial charge in [0.05, 0.1) is 11.8 Å². The molecule has 2 atom stereocenters. The summed E-state index contributed by atoms with van der Waals surface area (Å²) in [7, 11) is 8.15. The summed E-state index contributed by atoms with van der Waals surface area (Å²) in [5.74, 6) is -1.56. The van der Waals surface area contributed by atoms with Gasteiger partial charge in [0.15, 0.2) is 0 Å². The lowest BCUT2D eigenvalue weighted by molar-refractivity contribution is -0.143. The van der Waals surface area contributed by atoms with Crippen LogP contribution in [0.2, 0.25) is 0 Å². The minimum Gasteiger partial charge on any atom is -0.481 e. The summed E-state index contributed by atoms with van der Waals surface area (Å²) in [5, 5.41) is 9.22. The van der Waals surface area contributed by atoms with Crippen LogP contribution in [0.15, 0.2) is 103 Å². The predicted octanol–water partition coefficient (Wildman–Crippen LogP) is 8.26. The maximum atomic E-state index is 13.0. The van der Waals surface area contributed by atoms with Gasteiger partial charge in [-0.25, -0.2) is 0 Å². The second kappa shape index (κ2) is 15.2. The van der Waals surface area contributed by atoms with Crippen molar-refractivity contribution < 1.29 is 19.4 Å². The molecular weight excluding hydrogens is 560 g/mol. The number of aliphatic carboxylic acids is 1. The Morgan fingerprint density at radius 3 is 1.47 bits per heavy atom. The fraction of sp³-hybridized carbons (Fsp3) is 0.282. The van der Waals surface area contributed by atoms with Gasteiger partial charge < -0.3 is 19.6 Å². The van der Waals surface area contributed by atoms with Crippen molar-refractivity contribution in [3.63, 3.8) is 0 Å². The highest BCUT2D eigenvalue weighted by Gasteiger charge is 2.22. The van der Waals surface area contributed by atoms with Crippen molar-refractivity contribution >= 4 is 34.5 Å². The van der Waals surface area contributed by atoms with Crippen LogP contribution in [0.5, 0.6) is 5.75 Å². The first-order valence-corrected chi connectivity index (χ1v) is 15.5. The zero-order valence-electron chi connectivity index (χ0n) is 27.2. The largest absolute Gasteiger partial charge is 0.481 e. The van der Waals surface area contributed by atoms with E-state index in [0.29, 0.717) is 25.0 Å². The zero-order chi connectivity index (χ0) is 32.5. The summed E-state index contributed by atoms with van der Waals surface area (Å²) < 4.78 is 5.79. The number of hydrogen-bond acceptors (Lipinski definition) is 5. The van der Waals surface area contributed by atoms with Crippen molar-refractivity contribution in [1.82, 2.24) is 0 Å². The highest BCUT2D eigenvalue weighted by Crippen LogP contribution is 2.38. The molecule has 45 heavy (non-hydrogen) atoms. The second-order valence-electron chi connectivity index (χ2n) is 11.9. The molecule has 0 spiro atoms. The van der Waals surface area contributed by atoms with E-state index < -0.39 is 11.9 Å². The Bertz CT molecular complexity index is 1540. The van der Waals surface area contributed by atoms with Crippen molar-refractivity contribution in [2.45, 2.75) is 33.1 Å². The maximum absolute atomic E-state index is 13.0. The minimum absolute atomic E-state index is 0.329. The third kappa shape index (κ3) is 8.42. The topological polar surface area (TPSA) is 70.1 Å². The van der Waals surface area contributed by atoms with Gasteiger partial charge in [-0.1, -0.05) is 80.6 Å². The van der Waals surface area contributed by atoms with Crippen LogP contribution < -0.4 is 14.5 Å². The number of hydrogen-bond donors (Lipinski definition) is 1. The molecule has 0 saturated heterocycles. The number of carboxylic acids is 1. The number of ether oxygens (including phenoxy) is 1. The molecule has 0 radical (unpaired) electrons. The molecule has 4 aromatic rings. The number of esters is 1. The smallest absolute Gasteiger partial charge is 0.314 e. The van der Waals surface area contributed by atoms with Gasteiger partial charge >= 0.3 is 11.9 Å². The molecule has 0 aliphatic carbocycles. The molecule has 0 saturated carbocycles. The van der Waals surface area contributed by atoms with Crippen LogP contribution in [-0.4, -0.2) is 45.2 Å². The second-order valence-corrected chi connectivity index (χ2v) is 11.9. The maximum Gasteiger partial charge on any atom is 0.314 e. The van der Waals surface area contributed by atoms with E-state index in [1.807, 2.05) is 77.6 Å². The van der Waals surface area contributed by atoms with E-state index in [2.05, 4.69) is 70.5 Å². The minimum atomic E-state index is -0.849. The average Bonchev–Trinajstić information content (AvgIpc) is 3.04. The summed E-state index contributed by atoms with van der Waals surface area (Å²) in [6.07, 6.45) is 1.50. The Hall–Kier alpha value is -4.84. The first kappa shape index (κ1) is 33.1. The van der Waals surface area contributed by atoms with Crippen molar-refractivity contribution in [2.75, 3.05) is 38.0 Å². The Balaban J connectivity index is 1.78. The van der Waals surface area contributed by atoms with E-state index in [1.165, 1.54) is 0 Å². The first-order valence-electron chi connectivity index (χ1n) is 15.5. The lowest BCUT2D eigenvalue weighted by atomic mass is 9.85. The SMILES string of the molecule is CCC(CCC(C)C(=O)O)C(=O)Oc1ccc(C(=C(c2ccc(N(C)C)cc2)c2ccc(N(C)C)cc2)c2ccccc2)cc1. The van der Waals surface area contributed by atoms with Gasteiger partial charge in [-0.15, -0.1) is 0 Å². The van der Waals surface area contributed by atoms with Crippen LogP contribution >= 0.6 is 0 Å². The molecule has 0 aliphatic heterocycles. The van der Waals surface area contributed by atoms with Crippen LogP contribution in [-0.2, 0) is 9.59 Å². The highest BCUT2D eigenvalue weighted by atomic mass is 16.5. The van der Waals surface area contributed by atoms with E-state index in [4.69, 9.17) is 4.74 Å². The van der Waals surface area contributed by atoms with Crippen molar-refractivity contribution in [3.8, 4) is 5.75 Å². The molecule has 0 heterocycles. The lowest BCUT2D eigenvalue weighted by Gasteiger charge is -2.20. The number of carbonyl (C=O) groups excluding carboxylic acids is 1. The molecule has 0 fully saturated rings. The molecule has 4 rings (SSSR count). The van der Waals surface area contributed by atoms with Crippen molar-refractivity contribution in [3.05, 3.63) is 125 Å². The van der Waals surface area contributed by atoms with Crippen LogP contribution in [0, 0.1) is 11.8 Å². The fourth-order valence-electron chi connectivity index (χ4n) is 5.32. The number of carboxylic acid groups (broad SMARTS) is 1. The Morgan fingerprint density at radius 1 is 0.644 bits per heavy atom. The molecule has 1 N–H and O–H groups in total. The molecule has 0 amide bonds. The number of carbonyl (C=O) groups is 2. The van der Waals surface area contributed by atoms with Gasteiger partial charge in [0, 0.05) is 39.6 Å². The fourth-order valence-corrected chi connectivity index (χ4v) is 5.32. The van der Waals surface area contributed by atoms with Gasteiger partial charge in [-0.05, 0) is 89.1 Å². The van der Waals surface area contributed by atoms with Crippen LogP contribution in [0.4, 0.5) is 11.4 Å². The standard InChI is InChI=1S/C39H44N2O4/c1-7-28(14-13-27(2)38(42)43)39(44)45-35-25-19-32(20-26-35)36(29-11-9-8-10-12-29)37(30-15-21-33(22-16-30)40(3)4)31-17-23-34(24-18-31)41(5)6/h8-12,15-28H,7,13-14H2,1-6H3,(H,42,43). The molecule has 0 aliphatic rings. The van der Waals surface area contributed by atoms with Crippen LogP contribution in [0.1, 0.15) is 55.4 Å². The highest BCUT2D eigenvalue weighted by molar-refractivity contribution is 6.04. The summed E-state index contributed by atoms with van der Waals surface area (Å²) >= 11 is 0. The van der Waals surface area contributed by atoms with Gasteiger partial charge in [-0.3, -0.25) is 9.59 Å². The van der Waals surface area contributed by atoms with Gasteiger partial charge in [0.2, 0.25) is 0 Å². The molecule has 0 aromatic heterocycles. The number of benzene rings is 4. The Labute approximate surface area is 267 Å². The molecule has 0 bridgehead atoms. The molecule has 6 heteroatoms. The third-order valence-electron chi connectivity index (χ3n) is 8.21. The predicted molar refractivity (Wildman–Crippen MR) is 185 cm³/mol. The van der Waals surface area contributed by atoms with Crippen LogP contribution in [0.25, 0.3) is 11.1 Å². The number of rotatable bonds is 13. The summed E-state index contributed by atoms with van der Waals surface area (Å²) in [6.45, 7) is 3.59. The van der Waals surface area contributed by atoms with E-state index in [9.17, 15) is 14.7 Å². The molecule has 4 aromatic carbocycles. The monoisotopic (exact) mass is 604 g/mol. The third-order valence-corrected chi connectivity index (χ3v) is 8.21. The normalized spacial score (nSPS) is 12.1. The van der Waals surface area contributed by atoms with Gasteiger partial charge in [0.25, 0.3) is 0 Å². The summed E-state index contributed by atoms with van der Waals surface area (Å²) in [5.41, 5.74) is 8.66. The zero-order valence-corrected chi connectivity index (χ0v) is 27.2. The van der Waals surface area contributed by atoms with Crippen molar-refractivity contribution in [2.24, 2.45) is 11.8 Å². The number of nitrogens with zero attached hydrogens (tertiary/aromatic N) is 2. The summed E-state index contributed by atoms with van der Waals surface area (Å²) in [6, 6.07) is 35.2. The molecular formula is C39H44N2O4. The van der Waals surface area contributed by atoms with Gasteiger partial charge in [-0.2, -0.15) is 0 Å². The summed E-state index contributed by atoms with van der Waals surface area (Å²) in [4.78, 5) is 28.4. The van der Waals surface area contributed by atoms with Crippen molar-refractivity contribution in [1.29, 1.82) is 0 Å². The average molecular weight is 605 g/mol. The van der Waals surface area contributed by atoms with E-state index in [-0.39, 0.29) is 11.9 Å². The molecule has 6 nitrogen and oxygen atoms in total. The lowest BCUT2D eigenvalue weighted by Crippen LogP contribution is -2.21. The first-order chi connectivity index (χ1) is 21.6. The van der Waals surface area contributed by atoms with E-state index in [0.717, 1.165) is 44.8 Å². The number of anilines is 2. The van der Waals surface area contributed by atoms with Crippen LogP contribution in [0.3, 0.4) is 0 Å². The Kier molecular flexibility index (Phi) is 11.2. The quantitative estimate of drug-likeness (QED) is 0.0941. The molecule has 234 valence electrons. The molecule has 2 unspecified atom stereocenters. The van der Waals surface area contributed by atoms with E-state index in [1.54, 1.807) is 6.92 Å². The Morgan fingerprint density at radius 2 is 1.07 bits per heavy atom. The van der Waals surface area contributed by atoms with Gasteiger partial charge in [0.1, 0.15) is 5.75 Å².